The Balaban J connectivity index is 4.47. The van der Waals surface area contributed by atoms with Crippen molar-refractivity contribution in [2.24, 2.45) is 0 Å². The fourth-order valence-corrected chi connectivity index (χ4v) is 0.0837. The van der Waals surface area contributed by atoms with Crippen molar-refractivity contribution in [3.8, 4) is 11.8 Å². The molecule has 0 aromatic carbocycles. The third-order valence-corrected chi connectivity index (χ3v) is 0.230. The third kappa shape index (κ3) is 3.52. The third-order valence-electron chi connectivity index (χ3n) is 0.230. The molecule has 0 aliphatic carbocycles. The number of aliphatic hydroxyl groups is 1. The molecule has 0 fully saturated rings. The average Bonchev–Trinajstić information content (AvgIpc) is 1.81. The Bertz CT molecular complexity index is 183. The van der Waals surface area contributed by atoms with Crippen LogP contribution in [0.1, 0.15) is 20.1 Å². The van der Waals surface area contributed by atoms with Crippen LogP contribution in [0.25, 0.3) is 0 Å². The van der Waals surface area contributed by atoms with E-state index in [0.717, 1.165) is 0 Å². The van der Waals surface area contributed by atoms with E-state index in [-0.39, 0.29) is 0 Å². The summed E-state index contributed by atoms with van der Waals surface area (Å²) >= 11 is 0. The quantitative estimate of drug-likeness (QED) is 0.426. The van der Waals surface area contributed by atoms with Gasteiger partial charge in [-0.1, -0.05) is 12.8 Å². The second-order valence-corrected chi connectivity index (χ2v) is 0.585. The largest absolute Gasteiger partial charge is 0.384 e. The normalized spacial score (nSPS) is 23.2. The summed E-state index contributed by atoms with van der Waals surface area (Å²) in [7, 11) is 0. The Morgan fingerprint density at radius 2 is 2.83 bits per heavy atom. The molecule has 0 unspecified atom stereocenters. The maximum Gasteiger partial charge on any atom is 0.104 e. The Kier molecular flexibility index (Phi) is 0.937. The summed E-state index contributed by atoms with van der Waals surface area (Å²) in [5.41, 5.74) is 0. The van der Waals surface area contributed by atoms with Crippen LogP contribution in [0.2, 0.25) is 0 Å². The van der Waals surface area contributed by atoms with Gasteiger partial charge in [-0.15, -0.1) is 5.92 Å². The van der Waals surface area contributed by atoms with Crippen LogP contribution in [-0.2, 0) is 0 Å². The first-order valence-corrected chi connectivity index (χ1v) is 1.42. The van der Waals surface area contributed by atoms with E-state index in [1.165, 1.54) is 0 Å². The molecule has 1 heteroatoms. The summed E-state index contributed by atoms with van der Waals surface area (Å²) in [6, 6.07) is 0. The summed E-state index contributed by atoms with van der Waals surface area (Å²) in [6.07, 6.45) is -2.53. The fraction of sp³-hybridized carbons (Fsp3) is 0.600. The fourth-order valence-electron chi connectivity index (χ4n) is 0.0837. The molecule has 1 nitrogen and oxygen atoms in total. The zero-order valence-electron chi connectivity index (χ0n) is 8.15. The summed E-state index contributed by atoms with van der Waals surface area (Å²) in [5, 5.41) is 8.17. The monoisotopic (exact) mass is 89.1 g/mol. The predicted molar refractivity (Wildman–Crippen MR) is 25.2 cm³/mol. The van der Waals surface area contributed by atoms with Crippen LogP contribution in [0, 0.1) is 11.8 Å². The number of rotatable bonds is 0. The summed E-state index contributed by atoms with van der Waals surface area (Å²) in [5.74, 6) is 3.79. The molecule has 0 rings (SSSR count). The molecule has 0 aromatic rings. The molecule has 0 heterocycles. The Morgan fingerprint density at radius 3 is 3.33 bits per heavy atom. The van der Waals surface area contributed by atoms with Gasteiger partial charge in [0.15, 0.2) is 0 Å². The van der Waals surface area contributed by atoms with Gasteiger partial charge < -0.3 is 5.11 Å². The van der Waals surface area contributed by atoms with Gasteiger partial charge in [-0.2, -0.15) is 0 Å². The van der Waals surface area contributed by atoms with Gasteiger partial charge in [0.25, 0.3) is 0 Å². The van der Waals surface area contributed by atoms with Crippen molar-refractivity contribution in [2.75, 3.05) is 6.61 Å². The smallest absolute Gasteiger partial charge is 0.104 e. The highest BCUT2D eigenvalue weighted by Gasteiger charge is 1.56. The van der Waals surface area contributed by atoms with Gasteiger partial charge in [-0.05, 0) is 0 Å². The summed E-state index contributed by atoms with van der Waals surface area (Å²) < 4.78 is 33.9. The zero-order valence-corrected chi connectivity index (χ0v) is 3.15. The van der Waals surface area contributed by atoms with E-state index in [2.05, 4.69) is 0 Å². The van der Waals surface area contributed by atoms with E-state index in [1.807, 2.05) is 11.8 Å². The predicted octanol–water partition coefficient (Wildman–Crippen LogP) is 0.392. The second kappa shape index (κ2) is 4.52. The topological polar surface area (TPSA) is 20.2 Å². The molecular formula is C5H8O. The van der Waals surface area contributed by atoms with Gasteiger partial charge in [0.05, 0.1) is 0 Å². The standard InChI is InChI=1S/C5H8O/c1-2-3-4-5-6/h6H,2,5H2,1H3/i1D3,2D2. The van der Waals surface area contributed by atoms with E-state index >= 15 is 0 Å². The molecule has 6 heavy (non-hydrogen) atoms. The molecule has 0 saturated carbocycles. The minimum Gasteiger partial charge on any atom is -0.384 e. The SMILES string of the molecule is [2H]C([2H])([2H])C([2H])([2H])C#CCO. The lowest BCUT2D eigenvalue weighted by molar-refractivity contribution is 0.350. The Hall–Kier alpha value is -0.480. The van der Waals surface area contributed by atoms with Crippen molar-refractivity contribution in [2.45, 2.75) is 13.2 Å². The zero-order chi connectivity index (χ0) is 9.12. The van der Waals surface area contributed by atoms with E-state index in [0.29, 0.717) is 0 Å². The van der Waals surface area contributed by atoms with Gasteiger partial charge in [-0.25, -0.2) is 0 Å². The highest BCUT2D eigenvalue weighted by atomic mass is 16.2. The number of hydrogen-bond acceptors (Lipinski definition) is 1. The Morgan fingerprint density at radius 1 is 2.00 bits per heavy atom. The maximum atomic E-state index is 8.17. The van der Waals surface area contributed by atoms with Crippen molar-refractivity contribution >= 4 is 0 Å². The van der Waals surface area contributed by atoms with Crippen LogP contribution >= 0.6 is 0 Å². The van der Waals surface area contributed by atoms with Crippen molar-refractivity contribution in [3.63, 3.8) is 0 Å². The van der Waals surface area contributed by atoms with Crippen LogP contribution in [0.3, 0.4) is 0 Å². The van der Waals surface area contributed by atoms with Gasteiger partial charge in [-0.3, -0.25) is 0 Å². The van der Waals surface area contributed by atoms with Gasteiger partial charge in [0.1, 0.15) is 6.61 Å². The van der Waals surface area contributed by atoms with Gasteiger partial charge in [0, 0.05) is 13.2 Å². The van der Waals surface area contributed by atoms with Crippen molar-refractivity contribution in [1.29, 1.82) is 0 Å². The number of aliphatic hydroxyl groups excluding tert-OH is 1. The van der Waals surface area contributed by atoms with Crippen LogP contribution < -0.4 is 0 Å². The molecule has 0 aliphatic rings. The van der Waals surface area contributed by atoms with Crippen molar-refractivity contribution in [1.82, 2.24) is 0 Å². The highest BCUT2D eigenvalue weighted by Crippen LogP contribution is 1.63. The lowest BCUT2D eigenvalue weighted by Crippen LogP contribution is -1.68. The minimum atomic E-state index is -2.75. The van der Waals surface area contributed by atoms with Crippen LogP contribution in [0.5, 0.6) is 0 Å². The van der Waals surface area contributed by atoms with E-state index in [9.17, 15) is 0 Å². The van der Waals surface area contributed by atoms with E-state index in [1.54, 1.807) is 0 Å². The molecule has 0 aliphatic heterocycles. The maximum absolute atomic E-state index is 8.17. The molecule has 0 saturated heterocycles. The molecule has 0 bridgehead atoms. The number of hydrogen-bond donors (Lipinski definition) is 1. The lowest BCUT2D eigenvalue weighted by atomic mass is 10.5. The molecule has 0 radical (unpaired) electrons. The molecule has 0 amide bonds. The first-order chi connectivity index (χ1) is 4.81. The van der Waals surface area contributed by atoms with Gasteiger partial charge >= 0.3 is 0 Å². The Labute approximate surface area is 45.0 Å². The molecular weight excluding hydrogens is 76.1 g/mol. The van der Waals surface area contributed by atoms with Crippen molar-refractivity contribution in [3.05, 3.63) is 0 Å². The van der Waals surface area contributed by atoms with Crippen LogP contribution in [0.4, 0.5) is 0 Å². The van der Waals surface area contributed by atoms with E-state index < -0.39 is 19.8 Å². The first kappa shape index (κ1) is 1.24. The first-order valence-electron chi connectivity index (χ1n) is 3.92. The summed E-state index contributed by atoms with van der Waals surface area (Å²) in [4.78, 5) is 0. The van der Waals surface area contributed by atoms with Crippen LogP contribution in [0.15, 0.2) is 0 Å². The molecule has 0 aromatic heterocycles. The van der Waals surface area contributed by atoms with Gasteiger partial charge in [0.2, 0.25) is 0 Å². The average molecular weight is 89.1 g/mol. The second-order valence-electron chi connectivity index (χ2n) is 0.585. The van der Waals surface area contributed by atoms with E-state index in [4.69, 9.17) is 12.0 Å². The molecule has 1 N–H and O–H groups in total. The summed E-state index contributed by atoms with van der Waals surface area (Å²) in [6.45, 7) is -3.29. The molecule has 0 spiro atoms. The molecule has 0 atom stereocenters. The minimum absolute atomic E-state index is 0.532. The van der Waals surface area contributed by atoms with Crippen LogP contribution in [-0.4, -0.2) is 11.7 Å². The van der Waals surface area contributed by atoms with Crippen molar-refractivity contribution < 1.29 is 12.0 Å². The highest BCUT2D eigenvalue weighted by molar-refractivity contribution is 4.96. The lowest BCUT2D eigenvalue weighted by Gasteiger charge is -1.66. The molecule has 34 valence electrons.